The lowest BCUT2D eigenvalue weighted by Crippen LogP contribution is -2.24. The molecule has 1 rings (SSSR count). The van der Waals surface area contributed by atoms with E-state index in [0.29, 0.717) is 6.42 Å². The van der Waals surface area contributed by atoms with Crippen LogP contribution in [0.25, 0.3) is 0 Å². The maximum atomic E-state index is 11.7. The zero-order valence-corrected chi connectivity index (χ0v) is 11.2. The van der Waals surface area contributed by atoms with Crippen molar-refractivity contribution in [2.75, 3.05) is 10.5 Å². The summed E-state index contributed by atoms with van der Waals surface area (Å²) in [5.74, 6) is -1.84. The Morgan fingerprint density at radius 3 is 2.00 bits per heavy atom. The van der Waals surface area contributed by atoms with Gasteiger partial charge in [0, 0.05) is 0 Å². The van der Waals surface area contributed by atoms with E-state index in [9.17, 15) is 18.0 Å². The van der Waals surface area contributed by atoms with E-state index in [1.807, 2.05) is 0 Å². The standard InChI is InChI=1S/C11H15N3O4S/c1-2-6-19(17,18)14-9-7(10(12)15)4-3-5-8(9)11(13)16/h3-5,14H,2,6H2,1H3,(H2,12,15)(H2,13,16). The second-order valence-corrected chi connectivity index (χ2v) is 5.72. The first-order valence-corrected chi connectivity index (χ1v) is 7.17. The van der Waals surface area contributed by atoms with Crippen LogP contribution in [-0.2, 0) is 10.0 Å². The number of amides is 2. The summed E-state index contributed by atoms with van der Waals surface area (Å²) in [5.41, 5.74) is 9.93. The first kappa shape index (κ1) is 15.0. The van der Waals surface area contributed by atoms with Crippen LogP contribution in [0.5, 0.6) is 0 Å². The van der Waals surface area contributed by atoms with Gasteiger partial charge in [0.1, 0.15) is 0 Å². The number of carbonyl (C=O) groups excluding carboxylic acids is 2. The number of benzene rings is 1. The van der Waals surface area contributed by atoms with Gasteiger partial charge in [-0.25, -0.2) is 8.42 Å². The third kappa shape index (κ3) is 3.68. The molecule has 0 aliphatic rings. The van der Waals surface area contributed by atoms with Crippen molar-refractivity contribution in [2.45, 2.75) is 13.3 Å². The van der Waals surface area contributed by atoms with E-state index in [-0.39, 0.29) is 22.6 Å². The van der Waals surface area contributed by atoms with Gasteiger partial charge < -0.3 is 11.5 Å². The minimum absolute atomic E-state index is 0.101. The fraction of sp³-hybridized carbons (Fsp3) is 0.273. The smallest absolute Gasteiger partial charge is 0.250 e. The molecule has 0 unspecified atom stereocenters. The zero-order valence-electron chi connectivity index (χ0n) is 10.3. The number of nitrogens with one attached hydrogen (secondary N) is 1. The molecule has 0 heterocycles. The van der Waals surface area contributed by atoms with Gasteiger partial charge in [0.05, 0.1) is 22.6 Å². The molecule has 7 nitrogen and oxygen atoms in total. The number of carbonyl (C=O) groups is 2. The summed E-state index contributed by atoms with van der Waals surface area (Å²) in [5, 5.41) is 0. The lowest BCUT2D eigenvalue weighted by atomic mass is 10.1. The number of anilines is 1. The monoisotopic (exact) mass is 285 g/mol. The van der Waals surface area contributed by atoms with Gasteiger partial charge >= 0.3 is 0 Å². The molecular weight excluding hydrogens is 270 g/mol. The molecule has 0 fully saturated rings. The minimum atomic E-state index is -3.66. The van der Waals surface area contributed by atoms with E-state index in [2.05, 4.69) is 4.72 Å². The lowest BCUT2D eigenvalue weighted by molar-refractivity contribution is 0.0999. The highest BCUT2D eigenvalue weighted by atomic mass is 32.2. The third-order valence-electron chi connectivity index (χ3n) is 2.33. The number of hydrogen-bond donors (Lipinski definition) is 3. The molecule has 0 radical (unpaired) electrons. The van der Waals surface area contributed by atoms with Gasteiger partial charge in [0.15, 0.2) is 0 Å². The van der Waals surface area contributed by atoms with E-state index >= 15 is 0 Å². The molecule has 8 heteroatoms. The average Bonchev–Trinajstić information content (AvgIpc) is 2.27. The molecule has 0 saturated heterocycles. The molecule has 1 aromatic rings. The van der Waals surface area contributed by atoms with Crippen molar-refractivity contribution in [3.05, 3.63) is 29.3 Å². The number of nitrogens with two attached hydrogens (primary N) is 2. The summed E-state index contributed by atoms with van der Waals surface area (Å²) in [6.45, 7) is 1.69. The Hall–Kier alpha value is -2.09. The van der Waals surface area contributed by atoms with E-state index in [1.54, 1.807) is 6.92 Å². The molecular formula is C11H15N3O4S. The highest BCUT2D eigenvalue weighted by molar-refractivity contribution is 7.92. The Bertz CT molecular complexity index is 578. The highest BCUT2D eigenvalue weighted by Crippen LogP contribution is 2.22. The third-order valence-corrected chi connectivity index (χ3v) is 3.79. The Kier molecular flexibility index (Phi) is 4.49. The largest absolute Gasteiger partial charge is 0.366 e. The van der Waals surface area contributed by atoms with E-state index < -0.39 is 21.8 Å². The van der Waals surface area contributed by atoms with Crippen molar-refractivity contribution < 1.29 is 18.0 Å². The van der Waals surface area contributed by atoms with Crippen LogP contribution in [0.15, 0.2) is 18.2 Å². The van der Waals surface area contributed by atoms with Gasteiger partial charge in [-0.2, -0.15) is 0 Å². The molecule has 0 aromatic heterocycles. The van der Waals surface area contributed by atoms with Crippen molar-refractivity contribution in [3.8, 4) is 0 Å². The fourth-order valence-corrected chi connectivity index (χ4v) is 2.72. The Morgan fingerprint density at radius 2 is 1.63 bits per heavy atom. The molecule has 0 aliphatic heterocycles. The molecule has 19 heavy (non-hydrogen) atoms. The Labute approximate surface area is 111 Å². The fourth-order valence-electron chi connectivity index (χ4n) is 1.55. The summed E-state index contributed by atoms with van der Waals surface area (Å²) < 4.78 is 25.7. The maximum absolute atomic E-state index is 11.7. The van der Waals surface area contributed by atoms with Gasteiger partial charge in [-0.3, -0.25) is 14.3 Å². The molecule has 1 aromatic carbocycles. The lowest BCUT2D eigenvalue weighted by Gasteiger charge is -2.13. The molecule has 2 amide bonds. The molecule has 0 saturated carbocycles. The summed E-state index contributed by atoms with van der Waals surface area (Å²) >= 11 is 0. The van der Waals surface area contributed by atoms with Crippen molar-refractivity contribution in [2.24, 2.45) is 11.5 Å². The van der Waals surface area contributed by atoms with Crippen LogP contribution in [-0.4, -0.2) is 26.0 Å². The molecule has 0 aliphatic carbocycles. The maximum Gasteiger partial charge on any atom is 0.250 e. The van der Waals surface area contributed by atoms with Gasteiger partial charge in [-0.1, -0.05) is 13.0 Å². The van der Waals surface area contributed by atoms with Crippen LogP contribution in [0.1, 0.15) is 34.1 Å². The van der Waals surface area contributed by atoms with Gasteiger partial charge in [-0.05, 0) is 18.6 Å². The van der Waals surface area contributed by atoms with E-state index in [1.165, 1.54) is 18.2 Å². The Balaban J connectivity index is 3.38. The van der Waals surface area contributed by atoms with Crippen LogP contribution in [0.3, 0.4) is 0 Å². The van der Waals surface area contributed by atoms with Crippen molar-refractivity contribution in [3.63, 3.8) is 0 Å². The van der Waals surface area contributed by atoms with E-state index in [0.717, 1.165) is 0 Å². The summed E-state index contributed by atoms with van der Waals surface area (Å²) in [6, 6.07) is 4.04. The number of hydrogen-bond acceptors (Lipinski definition) is 4. The first-order valence-electron chi connectivity index (χ1n) is 5.51. The van der Waals surface area contributed by atoms with Crippen molar-refractivity contribution >= 4 is 27.5 Å². The number of rotatable bonds is 6. The predicted molar refractivity (Wildman–Crippen MR) is 71.2 cm³/mol. The van der Waals surface area contributed by atoms with Gasteiger partial charge in [0.25, 0.3) is 11.8 Å². The summed E-state index contributed by atoms with van der Waals surface area (Å²) in [6.07, 6.45) is 0.389. The quantitative estimate of drug-likeness (QED) is 0.680. The first-order chi connectivity index (χ1) is 8.78. The molecule has 104 valence electrons. The van der Waals surface area contributed by atoms with Crippen LogP contribution < -0.4 is 16.2 Å². The highest BCUT2D eigenvalue weighted by Gasteiger charge is 2.20. The average molecular weight is 285 g/mol. The van der Waals surface area contributed by atoms with Crippen LogP contribution in [0.2, 0.25) is 0 Å². The molecule has 0 bridgehead atoms. The van der Waals surface area contributed by atoms with Crippen LogP contribution in [0, 0.1) is 0 Å². The molecule has 0 atom stereocenters. The van der Waals surface area contributed by atoms with Gasteiger partial charge in [-0.15, -0.1) is 0 Å². The SMILES string of the molecule is CCCS(=O)(=O)Nc1c(C(N)=O)cccc1C(N)=O. The topological polar surface area (TPSA) is 132 Å². The minimum Gasteiger partial charge on any atom is -0.366 e. The second-order valence-electron chi connectivity index (χ2n) is 3.88. The number of para-hydroxylation sites is 1. The molecule has 5 N–H and O–H groups in total. The number of primary amides is 2. The zero-order chi connectivity index (χ0) is 14.6. The summed E-state index contributed by atoms with van der Waals surface area (Å²) in [4.78, 5) is 22.6. The normalized spacial score (nSPS) is 11.0. The van der Waals surface area contributed by atoms with Crippen molar-refractivity contribution in [1.29, 1.82) is 0 Å². The van der Waals surface area contributed by atoms with Crippen LogP contribution >= 0.6 is 0 Å². The second kappa shape index (κ2) is 5.70. The number of sulfonamides is 1. The summed E-state index contributed by atoms with van der Waals surface area (Å²) in [7, 11) is -3.66. The van der Waals surface area contributed by atoms with Gasteiger partial charge in [0.2, 0.25) is 10.0 Å². The van der Waals surface area contributed by atoms with E-state index in [4.69, 9.17) is 11.5 Å². The molecule has 0 spiro atoms. The van der Waals surface area contributed by atoms with Crippen LogP contribution in [0.4, 0.5) is 5.69 Å². The predicted octanol–water partition coefficient (Wildman–Crippen LogP) is 0.0361. The Morgan fingerprint density at radius 1 is 1.16 bits per heavy atom. The van der Waals surface area contributed by atoms with Crippen molar-refractivity contribution in [1.82, 2.24) is 0 Å².